The zero-order valence-corrected chi connectivity index (χ0v) is 17.0. The van der Waals surface area contributed by atoms with Gasteiger partial charge in [0.1, 0.15) is 17.3 Å². The fourth-order valence-corrected chi connectivity index (χ4v) is 4.03. The lowest BCUT2D eigenvalue weighted by molar-refractivity contribution is -0.146. The first-order chi connectivity index (χ1) is 14.9. The lowest BCUT2D eigenvalue weighted by Gasteiger charge is -2.30. The fourth-order valence-electron chi connectivity index (χ4n) is 4.03. The van der Waals surface area contributed by atoms with Gasteiger partial charge in [0.15, 0.2) is 12.0 Å². The van der Waals surface area contributed by atoms with Crippen LogP contribution < -0.4 is 11.0 Å². The van der Waals surface area contributed by atoms with Crippen LogP contribution >= 0.6 is 0 Å². The van der Waals surface area contributed by atoms with Crippen molar-refractivity contribution in [2.45, 2.75) is 19.8 Å². The second kappa shape index (κ2) is 8.03. The number of benzene rings is 1. The van der Waals surface area contributed by atoms with Crippen LogP contribution in [0.25, 0.3) is 15.8 Å². The highest BCUT2D eigenvalue weighted by molar-refractivity contribution is 6.05. The van der Waals surface area contributed by atoms with Crippen molar-refractivity contribution in [3.05, 3.63) is 85.4 Å². The summed E-state index contributed by atoms with van der Waals surface area (Å²) >= 11 is 0. The van der Waals surface area contributed by atoms with Gasteiger partial charge >= 0.3 is 5.97 Å². The van der Waals surface area contributed by atoms with E-state index in [1.165, 1.54) is 12.3 Å². The van der Waals surface area contributed by atoms with E-state index in [0.717, 1.165) is 0 Å². The van der Waals surface area contributed by atoms with Gasteiger partial charge in [0, 0.05) is 29.5 Å². The summed E-state index contributed by atoms with van der Waals surface area (Å²) in [6.07, 6.45) is 1.50. The Morgan fingerprint density at radius 3 is 2.87 bits per heavy atom. The molecule has 0 aliphatic carbocycles. The maximum Gasteiger partial charge on any atom is 0.315 e. The summed E-state index contributed by atoms with van der Waals surface area (Å²) in [4.78, 5) is 48.7. The molecule has 0 spiro atoms. The second-order valence-electron chi connectivity index (χ2n) is 7.31. The average Bonchev–Trinajstić information content (AvgIpc) is 2.72. The van der Waals surface area contributed by atoms with Crippen molar-refractivity contribution in [2.75, 3.05) is 13.2 Å². The summed E-state index contributed by atoms with van der Waals surface area (Å²) in [5, 5.41) is 0.359. The Bertz CT molecular complexity index is 1380. The van der Waals surface area contributed by atoms with Crippen LogP contribution in [0, 0.1) is 19.4 Å². The largest absolute Gasteiger partial charge is 0.461 e. The number of aliphatic imine (C=N–C) groups is 1. The van der Waals surface area contributed by atoms with Crippen molar-refractivity contribution < 1.29 is 13.9 Å². The Labute approximate surface area is 177 Å². The van der Waals surface area contributed by atoms with E-state index >= 15 is 0 Å². The van der Waals surface area contributed by atoms with E-state index in [1.54, 1.807) is 38.1 Å². The number of esters is 1. The molecule has 0 saturated carbocycles. The number of aryl methyl sites for hydroxylation is 1. The molecule has 1 aromatic carbocycles. The van der Waals surface area contributed by atoms with E-state index in [1.807, 2.05) is 0 Å². The number of nitrogens with one attached hydrogen (secondary N) is 1. The summed E-state index contributed by atoms with van der Waals surface area (Å²) < 4.78 is 11.2. The number of hydrogen-bond donors (Lipinski definition) is 1. The van der Waals surface area contributed by atoms with Crippen molar-refractivity contribution >= 4 is 28.3 Å². The molecule has 0 fully saturated rings. The molecule has 4 rings (SSSR count). The molecule has 0 radical (unpaired) electrons. The molecule has 1 aliphatic rings. The number of nitrogens with zero attached hydrogens (tertiary/aromatic N) is 2. The number of H-pyrrole nitrogens is 1. The highest BCUT2D eigenvalue weighted by atomic mass is 16.5. The van der Waals surface area contributed by atoms with Crippen molar-refractivity contribution in [3.63, 3.8) is 0 Å². The van der Waals surface area contributed by atoms with E-state index in [9.17, 15) is 14.4 Å². The quantitative estimate of drug-likeness (QED) is 0.399. The number of carbonyl (C=O) groups excluding carboxylic acids is 1. The third kappa shape index (κ3) is 3.55. The maximum absolute atomic E-state index is 13.0. The Hall–Kier alpha value is -3.99. The zero-order valence-electron chi connectivity index (χ0n) is 17.0. The van der Waals surface area contributed by atoms with Crippen molar-refractivity contribution in [2.24, 2.45) is 10.9 Å². The smallest absolute Gasteiger partial charge is 0.315 e. The number of carbonyl (C=O) groups is 1. The predicted octanol–water partition coefficient (Wildman–Crippen LogP) is 3.11. The monoisotopic (exact) mass is 417 g/mol. The van der Waals surface area contributed by atoms with Crippen LogP contribution in [0.3, 0.4) is 0 Å². The Morgan fingerprint density at radius 2 is 2.10 bits per heavy atom. The van der Waals surface area contributed by atoms with Crippen LogP contribution in [0.2, 0.25) is 0 Å². The minimum Gasteiger partial charge on any atom is -0.461 e. The molecule has 1 aliphatic heterocycles. The lowest BCUT2D eigenvalue weighted by Crippen LogP contribution is -2.36. The third-order valence-corrected chi connectivity index (χ3v) is 5.31. The van der Waals surface area contributed by atoms with Gasteiger partial charge in [0.25, 0.3) is 5.56 Å². The first kappa shape index (κ1) is 20.3. The van der Waals surface area contributed by atoms with Crippen molar-refractivity contribution in [1.82, 2.24) is 4.98 Å². The molecule has 8 heteroatoms. The molecule has 1 N–H and O–H groups in total. The summed E-state index contributed by atoms with van der Waals surface area (Å²) in [6.45, 7) is 10.2. The number of fused-ring (bicyclic) bond motifs is 2. The molecular formula is C23H19N3O5. The van der Waals surface area contributed by atoms with Gasteiger partial charge in [0.05, 0.1) is 16.6 Å². The molecule has 2 aromatic heterocycles. The van der Waals surface area contributed by atoms with Crippen LogP contribution in [0.15, 0.2) is 55.5 Å². The van der Waals surface area contributed by atoms with Gasteiger partial charge in [-0.1, -0.05) is 12.1 Å². The molecule has 8 nitrogen and oxygen atoms in total. The summed E-state index contributed by atoms with van der Waals surface area (Å²) in [5.74, 6) is -1.84. The van der Waals surface area contributed by atoms with Crippen LogP contribution in [0.4, 0.5) is 5.69 Å². The minimum absolute atomic E-state index is 0.0405. The highest BCUT2D eigenvalue weighted by Gasteiger charge is 2.41. The van der Waals surface area contributed by atoms with Gasteiger partial charge in [-0.05, 0) is 26.0 Å². The molecule has 0 bridgehead atoms. The SMILES string of the molecule is [C-]#[N+]CCOC(=O)C1C(C)=Nc2cc[nH]c(=O)c2C1c1cccc2c(=O)cc(C)oc12. The van der Waals surface area contributed by atoms with Crippen LogP contribution in [0.1, 0.15) is 29.7 Å². The van der Waals surface area contributed by atoms with Gasteiger partial charge in [0.2, 0.25) is 6.54 Å². The topological polar surface area (TPSA) is 106 Å². The van der Waals surface area contributed by atoms with Crippen molar-refractivity contribution in [1.29, 1.82) is 0 Å². The minimum atomic E-state index is -0.904. The van der Waals surface area contributed by atoms with Crippen LogP contribution in [-0.2, 0) is 9.53 Å². The molecule has 31 heavy (non-hydrogen) atoms. The molecule has 3 aromatic rings. The molecule has 156 valence electrons. The van der Waals surface area contributed by atoms with E-state index in [0.29, 0.717) is 39.3 Å². The number of pyridine rings is 1. The molecular weight excluding hydrogens is 398 g/mol. The number of aromatic nitrogens is 1. The van der Waals surface area contributed by atoms with Crippen LogP contribution in [-0.4, -0.2) is 29.8 Å². The second-order valence-corrected chi connectivity index (χ2v) is 7.31. The normalized spacial score (nSPS) is 17.5. The van der Waals surface area contributed by atoms with Crippen LogP contribution in [0.5, 0.6) is 0 Å². The Balaban J connectivity index is 1.99. The molecule has 2 atom stereocenters. The predicted molar refractivity (Wildman–Crippen MR) is 115 cm³/mol. The Morgan fingerprint density at radius 1 is 1.29 bits per heavy atom. The third-order valence-electron chi connectivity index (χ3n) is 5.31. The molecule has 0 amide bonds. The number of ether oxygens (including phenoxy) is 1. The summed E-state index contributed by atoms with van der Waals surface area (Å²) in [6, 6.07) is 8.15. The first-order valence-electron chi connectivity index (χ1n) is 9.72. The van der Waals surface area contributed by atoms with Crippen molar-refractivity contribution in [3.8, 4) is 0 Å². The number of para-hydroxylation sites is 1. The summed E-state index contributed by atoms with van der Waals surface area (Å²) in [5.41, 5.74) is 1.48. The standard InChI is InChI=1S/C23H19N3O5/c1-12-11-17(27)14-5-4-6-15(21(14)31-12)19-18(23(29)30-10-9-24-3)13(2)26-16-7-8-25-22(28)20(16)19/h4-8,11,18-19H,9-10H2,1-2H3,(H,25,28). The number of rotatable bonds is 4. The molecule has 2 unspecified atom stereocenters. The summed E-state index contributed by atoms with van der Waals surface area (Å²) in [7, 11) is 0. The number of hydrogen-bond acceptors (Lipinski definition) is 6. The number of aromatic amines is 1. The van der Waals surface area contributed by atoms with E-state index in [4.69, 9.17) is 15.7 Å². The van der Waals surface area contributed by atoms with E-state index < -0.39 is 17.8 Å². The van der Waals surface area contributed by atoms with Gasteiger partial charge in [-0.2, -0.15) is 0 Å². The van der Waals surface area contributed by atoms with Gasteiger partial charge in [-0.25, -0.2) is 6.57 Å². The van der Waals surface area contributed by atoms with E-state index in [-0.39, 0.29) is 24.1 Å². The molecule has 0 saturated heterocycles. The fraction of sp³-hybridized carbons (Fsp3) is 0.261. The van der Waals surface area contributed by atoms with Gasteiger partial charge in [-0.15, -0.1) is 0 Å². The lowest BCUT2D eigenvalue weighted by atomic mass is 9.76. The highest BCUT2D eigenvalue weighted by Crippen LogP contribution is 2.42. The van der Waals surface area contributed by atoms with E-state index in [2.05, 4.69) is 14.8 Å². The zero-order chi connectivity index (χ0) is 22.1. The Kier molecular flexibility index (Phi) is 5.26. The van der Waals surface area contributed by atoms with Gasteiger partial charge in [-0.3, -0.25) is 19.4 Å². The maximum atomic E-state index is 13.0. The average molecular weight is 417 g/mol. The molecule has 3 heterocycles. The first-order valence-corrected chi connectivity index (χ1v) is 9.72. The van der Waals surface area contributed by atoms with Gasteiger partial charge < -0.3 is 19.0 Å².